The van der Waals surface area contributed by atoms with E-state index in [1.165, 1.54) is 0 Å². The first-order valence-corrected chi connectivity index (χ1v) is 7.46. The van der Waals surface area contributed by atoms with Gasteiger partial charge in [-0.2, -0.15) is 0 Å². The Morgan fingerprint density at radius 2 is 1.95 bits per heavy atom. The minimum atomic E-state index is -0.544. The van der Waals surface area contributed by atoms with Crippen molar-refractivity contribution in [2.45, 2.75) is 31.3 Å². The molecule has 0 saturated heterocycles. The maximum Gasteiger partial charge on any atom is 0.321 e. The molecule has 0 spiro atoms. The number of esters is 1. The molecule has 1 rings (SSSR count). The topological polar surface area (TPSA) is 52.3 Å². The molecule has 0 heterocycles. The largest absolute Gasteiger partial charge is 0.465 e. The predicted molar refractivity (Wildman–Crippen MR) is 84.3 cm³/mol. The first-order valence-electron chi connectivity index (χ1n) is 6.06. The number of benzene rings is 1. The summed E-state index contributed by atoms with van der Waals surface area (Å²) in [5.41, 5.74) is 7.53. The normalized spacial score (nSPS) is 11.1. The minimum Gasteiger partial charge on any atom is -0.465 e. The highest BCUT2D eigenvalue weighted by molar-refractivity contribution is 8.00. The van der Waals surface area contributed by atoms with Gasteiger partial charge in [0, 0.05) is 11.3 Å². The molecule has 0 aliphatic rings. The van der Waals surface area contributed by atoms with E-state index in [2.05, 4.69) is 0 Å². The van der Waals surface area contributed by atoms with Crippen molar-refractivity contribution in [3.8, 4) is 0 Å². The van der Waals surface area contributed by atoms with Gasteiger partial charge in [0.25, 0.3) is 0 Å². The van der Waals surface area contributed by atoms with Crippen LogP contribution in [0.25, 0.3) is 0 Å². The Hall–Kier alpha value is -1.07. The second kappa shape index (κ2) is 6.91. The zero-order valence-electron chi connectivity index (χ0n) is 11.4. The number of rotatable bonds is 6. The van der Waals surface area contributed by atoms with E-state index in [1.807, 2.05) is 45.0 Å². The molecule has 2 N–H and O–H groups in total. The van der Waals surface area contributed by atoms with Gasteiger partial charge in [-0.15, -0.1) is 11.8 Å². The molecule has 0 fully saturated rings. The molecule has 0 bridgehead atoms. The van der Waals surface area contributed by atoms with Gasteiger partial charge in [-0.3, -0.25) is 4.79 Å². The Kier molecular flexibility index (Phi) is 5.82. The highest BCUT2D eigenvalue weighted by atomic mass is 32.2. The average molecular weight is 297 g/mol. The fourth-order valence-electron chi connectivity index (χ4n) is 1.39. The molecule has 0 radical (unpaired) electrons. The zero-order valence-corrected chi connectivity index (χ0v) is 13.1. The van der Waals surface area contributed by atoms with Crippen LogP contribution in [0, 0.1) is 0 Å². The monoisotopic (exact) mass is 297 g/mol. The summed E-state index contributed by atoms with van der Waals surface area (Å²) in [6, 6.07) is 7.75. The van der Waals surface area contributed by atoms with Crippen LogP contribution in [-0.2, 0) is 15.3 Å². The Labute approximate surface area is 123 Å². The molecule has 19 heavy (non-hydrogen) atoms. The first kappa shape index (κ1) is 16.0. The summed E-state index contributed by atoms with van der Waals surface area (Å²) in [6.45, 7) is 5.97. The van der Waals surface area contributed by atoms with E-state index in [9.17, 15) is 4.79 Å². The minimum absolute atomic E-state index is 0.181. The Morgan fingerprint density at radius 1 is 1.37 bits per heavy atom. The Balaban J connectivity index is 2.61. The van der Waals surface area contributed by atoms with Crippen molar-refractivity contribution >= 4 is 34.9 Å². The molecule has 1 aromatic rings. The molecular formula is C14H19NO2S2. The highest BCUT2D eigenvalue weighted by Gasteiger charge is 2.29. The molecule has 5 heteroatoms. The third kappa shape index (κ3) is 4.84. The molecule has 0 aromatic heterocycles. The van der Waals surface area contributed by atoms with Crippen molar-refractivity contribution in [1.29, 1.82) is 0 Å². The van der Waals surface area contributed by atoms with Crippen LogP contribution in [0.3, 0.4) is 0 Å². The smallest absolute Gasteiger partial charge is 0.321 e. The van der Waals surface area contributed by atoms with Crippen molar-refractivity contribution < 1.29 is 9.53 Å². The van der Waals surface area contributed by atoms with Gasteiger partial charge in [-0.05, 0) is 26.3 Å². The van der Waals surface area contributed by atoms with Crippen LogP contribution >= 0.6 is 24.0 Å². The van der Waals surface area contributed by atoms with Gasteiger partial charge in [0.2, 0.25) is 0 Å². The van der Waals surface area contributed by atoms with Gasteiger partial charge in [0.15, 0.2) is 0 Å². The molecule has 0 amide bonds. The Morgan fingerprint density at radius 3 is 2.42 bits per heavy atom. The second-order valence-corrected chi connectivity index (χ2v) is 6.62. The highest BCUT2D eigenvalue weighted by Crippen LogP contribution is 2.29. The summed E-state index contributed by atoms with van der Waals surface area (Å²) in [6.07, 6.45) is 0. The third-order valence-corrected chi connectivity index (χ3v) is 4.21. The molecule has 0 atom stereocenters. The lowest BCUT2D eigenvalue weighted by molar-refractivity contribution is -0.145. The number of thioether (sulfide) groups is 1. The molecule has 1 aromatic carbocycles. The first-order chi connectivity index (χ1) is 8.86. The van der Waals surface area contributed by atoms with Crippen molar-refractivity contribution in [3.63, 3.8) is 0 Å². The summed E-state index contributed by atoms with van der Waals surface area (Å²) in [4.78, 5) is 12.1. The van der Waals surface area contributed by atoms with Gasteiger partial charge < -0.3 is 10.5 Å². The van der Waals surface area contributed by atoms with Crippen LogP contribution in [0.4, 0.5) is 0 Å². The third-order valence-electron chi connectivity index (χ3n) is 2.61. The molecule has 0 saturated carbocycles. The van der Waals surface area contributed by atoms with Crippen LogP contribution < -0.4 is 5.73 Å². The number of carbonyl (C=O) groups excluding carboxylic acids is 1. The van der Waals surface area contributed by atoms with Crippen LogP contribution in [0.5, 0.6) is 0 Å². The van der Waals surface area contributed by atoms with Crippen LogP contribution in [0.2, 0.25) is 0 Å². The molecular weight excluding hydrogens is 278 g/mol. The summed E-state index contributed by atoms with van der Waals surface area (Å²) >= 11 is 6.46. The maximum absolute atomic E-state index is 11.8. The molecule has 3 nitrogen and oxygen atoms in total. The van der Waals surface area contributed by atoms with E-state index in [1.54, 1.807) is 11.8 Å². The van der Waals surface area contributed by atoms with E-state index < -0.39 is 4.75 Å². The summed E-state index contributed by atoms with van der Waals surface area (Å²) in [5.74, 6) is 0.559. The van der Waals surface area contributed by atoms with Crippen molar-refractivity contribution in [1.82, 2.24) is 0 Å². The van der Waals surface area contributed by atoms with Crippen molar-refractivity contribution in [3.05, 3.63) is 35.4 Å². The molecule has 0 unspecified atom stereocenters. The maximum atomic E-state index is 11.8. The van der Waals surface area contributed by atoms with E-state index in [4.69, 9.17) is 22.7 Å². The number of carbonyl (C=O) groups is 1. The number of hydrogen-bond donors (Lipinski definition) is 1. The lowest BCUT2D eigenvalue weighted by atomic mass is 10.1. The van der Waals surface area contributed by atoms with Gasteiger partial charge in [0.05, 0.1) is 6.61 Å². The van der Waals surface area contributed by atoms with Gasteiger partial charge >= 0.3 is 5.97 Å². The van der Waals surface area contributed by atoms with Crippen LogP contribution in [0.15, 0.2) is 24.3 Å². The van der Waals surface area contributed by atoms with E-state index >= 15 is 0 Å². The standard InChI is InChI=1S/C14H19NO2S2/c1-4-17-13(16)14(2,3)19-9-10-5-7-11(8-6-10)12(15)18/h5-8H,4,9H2,1-3H3,(H2,15,18). The fraction of sp³-hybridized carbons (Fsp3) is 0.429. The van der Waals surface area contributed by atoms with E-state index in [-0.39, 0.29) is 5.97 Å². The zero-order chi connectivity index (χ0) is 14.5. The molecule has 104 valence electrons. The number of hydrogen-bond acceptors (Lipinski definition) is 4. The summed E-state index contributed by atoms with van der Waals surface area (Å²) < 4.78 is 4.51. The number of nitrogens with two attached hydrogens (primary N) is 1. The van der Waals surface area contributed by atoms with Crippen LogP contribution in [-0.4, -0.2) is 22.3 Å². The molecule has 0 aliphatic heterocycles. The van der Waals surface area contributed by atoms with Gasteiger partial charge in [-0.1, -0.05) is 36.5 Å². The van der Waals surface area contributed by atoms with Crippen LogP contribution in [0.1, 0.15) is 31.9 Å². The van der Waals surface area contributed by atoms with Crippen molar-refractivity contribution in [2.24, 2.45) is 5.73 Å². The second-order valence-electron chi connectivity index (χ2n) is 4.58. The predicted octanol–water partition coefficient (Wildman–Crippen LogP) is 2.90. The average Bonchev–Trinajstić information content (AvgIpc) is 2.37. The van der Waals surface area contributed by atoms with Crippen molar-refractivity contribution in [2.75, 3.05) is 6.61 Å². The fourth-order valence-corrected chi connectivity index (χ4v) is 2.43. The number of thiocarbonyl (C=S) groups is 1. The SMILES string of the molecule is CCOC(=O)C(C)(C)SCc1ccc(C(N)=S)cc1. The number of ether oxygens (including phenoxy) is 1. The summed E-state index contributed by atoms with van der Waals surface area (Å²) in [5, 5.41) is 0. The lowest BCUT2D eigenvalue weighted by Crippen LogP contribution is -2.30. The van der Waals surface area contributed by atoms with Gasteiger partial charge in [-0.25, -0.2) is 0 Å². The van der Waals surface area contributed by atoms with Gasteiger partial charge in [0.1, 0.15) is 9.74 Å². The quantitative estimate of drug-likeness (QED) is 0.646. The molecule has 0 aliphatic carbocycles. The lowest BCUT2D eigenvalue weighted by Gasteiger charge is -2.21. The van der Waals surface area contributed by atoms with E-state index in [0.717, 1.165) is 16.9 Å². The summed E-state index contributed by atoms with van der Waals surface area (Å²) in [7, 11) is 0. The van der Waals surface area contributed by atoms with E-state index in [0.29, 0.717) is 11.6 Å². The Bertz CT molecular complexity index is 455.